The molecule has 0 aliphatic rings. The predicted octanol–water partition coefficient (Wildman–Crippen LogP) is 1.97. The minimum absolute atomic E-state index is 0.117. The molecule has 9 heteroatoms. The number of phenols is 2. The van der Waals surface area contributed by atoms with Crippen molar-refractivity contribution in [2.45, 2.75) is 9.79 Å². The van der Waals surface area contributed by atoms with Crippen molar-refractivity contribution in [2.75, 3.05) is 28.4 Å². The molecule has 0 heterocycles. The molecule has 0 radical (unpaired) electrons. The molecule has 136 valence electrons. The molecule has 25 heavy (non-hydrogen) atoms. The molecule has 0 unspecified atom stereocenters. The average molecular weight is 370 g/mol. The summed E-state index contributed by atoms with van der Waals surface area (Å²) in [4.78, 5) is -0.480. The third-order valence-electron chi connectivity index (χ3n) is 3.51. The van der Waals surface area contributed by atoms with Gasteiger partial charge in [0.2, 0.25) is 21.3 Å². The van der Waals surface area contributed by atoms with Crippen molar-refractivity contribution >= 4 is 9.84 Å². The highest BCUT2D eigenvalue weighted by Crippen LogP contribution is 2.47. The second-order valence-electron chi connectivity index (χ2n) is 4.80. The van der Waals surface area contributed by atoms with E-state index < -0.39 is 9.84 Å². The van der Waals surface area contributed by atoms with Gasteiger partial charge in [0.25, 0.3) is 0 Å². The molecule has 0 bridgehead atoms. The van der Waals surface area contributed by atoms with Crippen molar-refractivity contribution in [2.24, 2.45) is 0 Å². The van der Waals surface area contributed by atoms with Crippen LogP contribution >= 0.6 is 0 Å². The Morgan fingerprint density at radius 1 is 0.640 bits per heavy atom. The van der Waals surface area contributed by atoms with Gasteiger partial charge in [0.1, 0.15) is 9.79 Å². The average Bonchev–Trinajstić information content (AvgIpc) is 2.60. The number of phenolic OH excluding ortho intramolecular Hbond substituents is 2. The molecular formula is C16H18O8S. The number of hydrogen-bond acceptors (Lipinski definition) is 8. The standard InChI is InChI=1S/C16H18O8S/c1-21-13-9(17)5-7-11(15(13)23-3)25(19,20)12-8-6-10(18)14(22-2)16(12)24-4/h5-8,17-18H,1-4H3. The number of ether oxygens (including phenoxy) is 4. The van der Waals surface area contributed by atoms with Crippen molar-refractivity contribution in [3.05, 3.63) is 24.3 Å². The van der Waals surface area contributed by atoms with E-state index in [0.29, 0.717) is 0 Å². The first-order valence-corrected chi connectivity index (χ1v) is 8.44. The number of hydrogen-bond donors (Lipinski definition) is 2. The second-order valence-corrected chi connectivity index (χ2v) is 6.69. The summed E-state index contributed by atoms with van der Waals surface area (Å²) in [6.45, 7) is 0. The van der Waals surface area contributed by atoms with Gasteiger partial charge in [-0.05, 0) is 24.3 Å². The van der Waals surface area contributed by atoms with Crippen molar-refractivity contribution in [1.82, 2.24) is 0 Å². The zero-order valence-electron chi connectivity index (χ0n) is 14.1. The number of rotatable bonds is 6. The molecule has 0 aliphatic heterocycles. The maximum Gasteiger partial charge on any atom is 0.214 e. The van der Waals surface area contributed by atoms with Gasteiger partial charge in [-0.25, -0.2) is 8.42 Å². The number of aromatic hydroxyl groups is 2. The summed E-state index contributed by atoms with van der Waals surface area (Å²) >= 11 is 0. The Kier molecular flexibility index (Phi) is 5.17. The predicted molar refractivity (Wildman–Crippen MR) is 87.9 cm³/mol. The van der Waals surface area contributed by atoms with Crippen LogP contribution in [0.4, 0.5) is 0 Å². The van der Waals surface area contributed by atoms with Gasteiger partial charge >= 0.3 is 0 Å². The fourth-order valence-corrected chi connectivity index (χ4v) is 3.96. The molecule has 0 atom stereocenters. The first-order valence-electron chi connectivity index (χ1n) is 6.96. The Bertz CT molecular complexity index is 822. The molecule has 0 amide bonds. The topological polar surface area (TPSA) is 112 Å². The first kappa shape index (κ1) is 18.5. The van der Waals surface area contributed by atoms with Gasteiger partial charge in [0.15, 0.2) is 23.0 Å². The summed E-state index contributed by atoms with van der Waals surface area (Å²) in [5, 5.41) is 19.6. The van der Waals surface area contributed by atoms with E-state index in [1.807, 2.05) is 0 Å². The van der Waals surface area contributed by atoms with Crippen LogP contribution in [0.2, 0.25) is 0 Å². The van der Waals surface area contributed by atoms with Gasteiger partial charge in [0.05, 0.1) is 28.4 Å². The molecule has 2 aromatic carbocycles. The van der Waals surface area contributed by atoms with E-state index in [1.165, 1.54) is 52.7 Å². The van der Waals surface area contributed by atoms with Crippen LogP contribution in [0.25, 0.3) is 0 Å². The van der Waals surface area contributed by atoms with Crippen LogP contribution in [0.3, 0.4) is 0 Å². The zero-order chi connectivity index (χ0) is 18.8. The maximum atomic E-state index is 13.1. The van der Waals surface area contributed by atoms with E-state index in [2.05, 4.69) is 0 Å². The molecule has 0 spiro atoms. The van der Waals surface area contributed by atoms with Crippen LogP contribution < -0.4 is 18.9 Å². The van der Waals surface area contributed by atoms with E-state index in [1.54, 1.807) is 0 Å². The fourth-order valence-electron chi connectivity index (χ4n) is 2.39. The van der Waals surface area contributed by atoms with Crippen molar-refractivity contribution in [3.63, 3.8) is 0 Å². The van der Waals surface area contributed by atoms with Crippen molar-refractivity contribution < 1.29 is 37.6 Å². The minimum Gasteiger partial charge on any atom is -0.504 e. The number of methoxy groups -OCH3 is 4. The lowest BCUT2D eigenvalue weighted by Gasteiger charge is -2.17. The van der Waals surface area contributed by atoms with Crippen molar-refractivity contribution in [1.29, 1.82) is 0 Å². The summed E-state index contributed by atoms with van der Waals surface area (Å²) in [5.41, 5.74) is 0. The lowest BCUT2D eigenvalue weighted by Crippen LogP contribution is -2.08. The maximum absolute atomic E-state index is 13.1. The van der Waals surface area contributed by atoms with E-state index in [-0.39, 0.29) is 44.3 Å². The van der Waals surface area contributed by atoms with E-state index in [4.69, 9.17) is 18.9 Å². The zero-order valence-corrected chi connectivity index (χ0v) is 14.9. The first-order chi connectivity index (χ1) is 11.8. The van der Waals surface area contributed by atoms with Gasteiger partial charge in [-0.2, -0.15) is 0 Å². The third-order valence-corrected chi connectivity index (χ3v) is 5.31. The highest BCUT2D eigenvalue weighted by molar-refractivity contribution is 7.91. The highest BCUT2D eigenvalue weighted by Gasteiger charge is 2.31. The lowest BCUT2D eigenvalue weighted by atomic mass is 10.3. The molecule has 2 rings (SSSR count). The molecule has 0 fully saturated rings. The lowest BCUT2D eigenvalue weighted by molar-refractivity contribution is 0.324. The second kappa shape index (κ2) is 6.98. The Balaban J connectivity index is 2.82. The number of benzene rings is 2. The van der Waals surface area contributed by atoms with E-state index in [0.717, 1.165) is 0 Å². The Morgan fingerprint density at radius 2 is 0.960 bits per heavy atom. The minimum atomic E-state index is -4.16. The molecule has 0 aromatic heterocycles. The van der Waals surface area contributed by atoms with E-state index in [9.17, 15) is 18.6 Å². The molecular weight excluding hydrogens is 352 g/mol. The van der Waals surface area contributed by atoms with Crippen LogP contribution in [0.15, 0.2) is 34.1 Å². The van der Waals surface area contributed by atoms with Gasteiger partial charge in [-0.15, -0.1) is 0 Å². The largest absolute Gasteiger partial charge is 0.504 e. The normalized spacial score (nSPS) is 11.0. The Morgan fingerprint density at radius 3 is 1.24 bits per heavy atom. The Labute approximate surface area is 145 Å². The number of sulfone groups is 1. The van der Waals surface area contributed by atoms with Crippen LogP contribution in [0.1, 0.15) is 0 Å². The Hall–Kier alpha value is -2.81. The van der Waals surface area contributed by atoms with Crippen LogP contribution in [-0.2, 0) is 9.84 Å². The summed E-state index contributed by atoms with van der Waals surface area (Å²) < 4.78 is 46.5. The fraction of sp³-hybridized carbons (Fsp3) is 0.250. The molecule has 2 N–H and O–H groups in total. The smallest absolute Gasteiger partial charge is 0.214 e. The monoisotopic (exact) mass is 370 g/mol. The van der Waals surface area contributed by atoms with Crippen LogP contribution in [-0.4, -0.2) is 47.1 Å². The summed E-state index contributed by atoms with van der Waals surface area (Å²) in [6.07, 6.45) is 0. The third kappa shape index (κ3) is 2.98. The van der Waals surface area contributed by atoms with E-state index >= 15 is 0 Å². The SMILES string of the molecule is COc1c(O)ccc(S(=O)(=O)c2ccc(O)c(OC)c2OC)c1OC. The van der Waals surface area contributed by atoms with Gasteiger partial charge in [0, 0.05) is 0 Å². The van der Waals surface area contributed by atoms with Gasteiger partial charge < -0.3 is 29.2 Å². The summed E-state index contributed by atoms with van der Waals surface area (Å²) in [7, 11) is 0.906. The molecule has 0 saturated carbocycles. The quantitative estimate of drug-likeness (QED) is 0.794. The van der Waals surface area contributed by atoms with Crippen LogP contribution in [0.5, 0.6) is 34.5 Å². The summed E-state index contributed by atoms with van der Waals surface area (Å²) in [5.74, 6) is -1.09. The molecule has 8 nitrogen and oxygen atoms in total. The van der Waals surface area contributed by atoms with Gasteiger partial charge in [-0.1, -0.05) is 0 Å². The molecule has 0 aliphatic carbocycles. The summed E-state index contributed by atoms with van der Waals surface area (Å²) in [6, 6.07) is 4.73. The molecule has 2 aromatic rings. The molecule has 0 saturated heterocycles. The highest BCUT2D eigenvalue weighted by atomic mass is 32.2. The van der Waals surface area contributed by atoms with Crippen molar-refractivity contribution in [3.8, 4) is 34.5 Å². The van der Waals surface area contributed by atoms with Crippen LogP contribution in [0, 0.1) is 0 Å². The van der Waals surface area contributed by atoms with Gasteiger partial charge in [-0.3, -0.25) is 0 Å².